The van der Waals surface area contributed by atoms with Crippen LogP contribution >= 0.6 is 11.6 Å². The molecule has 0 aromatic carbocycles. The zero-order valence-corrected chi connectivity index (χ0v) is 8.56. The van der Waals surface area contributed by atoms with Gasteiger partial charge in [-0.2, -0.15) is 0 Å². The molecule has 13 heavy (non-hydrogen) atoms. The molecule has 0 amide bonds. The third-order valence-corrected chi connectivity index (χ3v) is 1.88. The van der Waals surface area contributed by atoms with Crippen LogP contribution in [0.3, 0.4) is 0 Å². The molecular formula is C9H13ClN2O. The highest BCUT2D eigenvalue weighted by Gasteiger charge is 2.03. The summed E-state index contributed by atoms with van der Waals surface area (Å²) in [7, 11) is 0. The first-order chi connectivity index (χ1) is 6.24. The van der Waals surface area contributed by atoms with Gasteiger partial charge in [-0.1, -0.05) is 17.7 Å². The largest absolute Gasteiger partial charge is 0.444 e. The Labute approximate surface area is 82.8 Å². The molecule has 0 aliphatic carbocycles. The van der Waals surface area contributed by atoms with E-state index in [4.69, 9.17) is 16.0 Å². The van der Waals surface area contributed by atoms with Crippen LogP contribution in [0.2, 0.25) is 0 Å². The Morgan fingerprint density at radius 1 is 1.54 bits per heavy atom. The quantitative estimate of drug-likeness (QED) is 0.757. The fourth-order valence-corrected chi connectivity index (χ4v) is 1.01. The Morgan fingerprint density at radius 2 is 2.31 bits per heavy atom. The number of aromatic nitrogens is 1. The molecule has 3 nitrogen and oxygen atoms in total. The molecule has 0 aliphatic rings. The van der Waals surface area contributed by atoms with Crippen molar-refractivity contribution in [3.8, 4) is 0 Å². The Balaban J connectivity index is 2.37. The van der Waals surface area contributed by atoms with E-state index in [1.807, 2.05) is 19.9 Å². The van der Waals surface area contributed by atoms with E-state index in [9.17, 15) is 0 Å². The van der Waals surface area contributed by atoms with E-state index in [1.54, 1.807) is 0 Å². The van der Waals surface area contributed by atoms with E-state index in [0.29, 0.717) is 6.54 Å². The Bertz CT molecular complexity index is 274. The maximum atomic E-state index is 5.36. The normalized spacial score (nSPS) is 11.3. The van der Waals surface area contributed by atoms with Crippen LogP contribution in [0.1, 0.15) is 17.3 Å². The van der Waals surface area contributed by atoms with Gasteiger partial charge in [-0.05, 0) is 13.8 Å². The number of rotatable bonds is 4. The van der Waals surface area contributed by atoms with Gasteiger partial charge in [0.1, 0.15) is 5.76 Å². The summed E-state index contributed by atoms with van der Waals surface area (Å²) < 4.78 is 5.36. The van der Waals surface area contributed by atoms with Crippen molar-refractivity contribution >= 4 is 11.6 Å². The van der Waals surface area contributed by atoms with E-state index in [1.165, 1.54) is 5.54 Å². The third-order valence-electron chi connectivity index (χ3n) is 1.70. The molecule has 0 spiro atoms. The lowest BCUT2D eigenvalue weighted by molar-refractivity contribution is 0.454. The molecule has 0 unspecified atom stereocenters. The van der Waals surface area contributed by atoms with E-state index < -0.39 is 0 Å². The second-order valence-corrected chi connectivity index (χ2v) is 2.99. The first kappa shape index (κ1) is 10.3. The highest BCUT2D eigenvalue weighted by Crippen LogP contribution is 2.07. The summed E-state index contributed by atoms with van der Waals surface area (Å²) >= 11 is 5.35. The minimum Gasteiger partial charge on any atom is -0.444 e. The van der Waals surface area contributed by atoms with Gasteiger partial charge in [0, 0.05) is 12.1 Å². The molecular weight excluding hydrogens is 188 g/mol. The van der Waals surface area contributed by atoms with Crippen molar-refractivity contribution in [2.24, 2.45) is 0 Å². The van der Waals surface area contributed by atoms with Crippen LogP contribution in [0.5, 0.6) is 0 Å². The molecule has 0 aliphatic heterocycles. The molecule has 0 atom stereocenters. The fraction of sp³-hybridized carbons (Fsp3) is 0.444. The van der Waals surface area contributed by atoms with E-state index in [-0.39, 0.29) is 0 Å². The summed E-state index contributed by atoms with van der Waals surface area (Å²) in [5, 5.41) is 3.12. The minimum atomic E-state index is 0.635. The fourth-order valence-electron chi connectivity index (χ4n) is 0.922. The van der Waals surface area contributed by atoms with Gasteiger partial charge in [-0.25, -0.2) is 4.98 Å². The lowest BCUT2D eigenvalue weighted by Crippen LogP contribution is -2.12. The van der Waals surface area contributed by atoms with Crippen molar-refractivity contribution in [2.75, 3.05) is 6.54 Å². The van der Waals surface area contributed by atoms with E-state index in [0.717, 1.165) is 23.9 Å². The predicted molar refractivity (Wildman–Crippen MR) is 52.7 cm³/mol. The van der Waals surface area contributed by atoms with Crippen molar-refractivity contribution in [1.82, 2.24) is 10.3 Å². The molecule has 4 heteroatoms. The number of hydrogen-bond donors (Lipinski definition) is 1. The lowest BCUT2D eigenvalue weighted by atomic mass is 10.4. The van der Waals surface area contributed by atoms with Crippen molar-refractivity contribution in [2.45, 2.75) is 20.4 Å². The summed E-state index contributed by atoms with van der Waals surface area (Å²) in [5.74, 6) is 1.60. The van der Waals surface area contributed by atoms with Crippen molar-refractivity contribution in [1.29, 1.82) is 0 Å². The molecule has 1 aromatic rings. The minimum absolute atomic E-state index is 0.635. The molecule has 0 bridgehead atoms. The van der Waals surface area contributed by atoms with Crippen LogP contribution < -0.4 is 5.32 Å². The number of halogens is 1. The number of aryl methyl sites for hydroxylation is 2. The van der Waals surface area contributed by atoms with Crippen LogP contribution in [0.15, 0.2) is 16.0 Å². The molecule has 0 radical (unpaired) electrons. The summed E-state index contributed by atoms with van der Waals surface area (Å²) in [4.78, 5) is 4.22. The maximum absolute atomic E-state index is 5.36. The zero-order valence-electron chi connectivity index (χ0n) is 7.80. The molecule has 1 heterocycles. The lowest BCUT2D eigenvalue weighted by Gasteiger charge is -1.94. The SMILES string of the molecule is Cc1nc(CNC/C=C/Cl)oc1C. The van der Waals surface area contributed by atoms with Crippen molar-refractivity contribution in [3.05, 3.63) is 29.0 Å². The van der Waals surface area contributed by atoms with Crippen LogP contribution in [-0.2, 0) is 6.54 Å². The van der Waals surface area contributed by atoms with Gasteiger partial charge in [0.05, 0.1) is 12.2 Å². The van der Waals surface area contributed by atoms with Gasteiger partial charge in [0.25, 0.3) is 0 Å². The average Bonchev–Trinajstić information content (AvgIpc) is 2.41. The molecule has 0 saturated carbocycles. The van der Waals surface area contributed by atoms with Gasteiger partial charge >= 0.3 is 0 Å². The van der Waals surface area contributed by atoms with Crippen LogP contribution in [0, 0.1) is 13.8 Å². The molecule has 72 valence electrons. The molecule has 0 saturated heterocycles. The Hall–Kier alpha value is -0.800. The summed E-state index contributed by atoms with van der Waals surface area (Å²) in [6, 6.07) is 0. The number of nitrogens with zero attached hydrogens (tertiary/aromatic N) is 1. The highest BCUT2D eigenvalue weighted by molar-refractivity contribution is 6.25. The molecule has 1 N–H and O–H groups in total. The number of nitrogens with one attached hydrogen (secondary N) is 1. The first-order valence-electron chi connectivity index (χ1n) is 4.13. The van der Waals surface area contributed by atoms with E-state index in [2.05, 4.69) is 10.3 Å². The number of oxazole rings is 1. The zero-order chi connectivity index (χ0) is 9.68. The Kier molecular flexibility index (Phi) is 3.99. The van der Waals surface area contributed by atoms with Crippen LogP contribution in [-0.4, -0.2) is 11.5 Å². The topological polar surface area (TPSA) is 38.1 Å². The summed E-state index contributed by atoms with van der Waals surface area (Å²) in [6.45, 7) is 5.20. The summed E-state index contributed by atoms with van der Waals surface area (Å²) in [6.07, 6.45) is 1.82. The second kappa shape index (κ2) is 5.04. The monoisotopic (exact) mass is 200 g/mol. The average molecular weight is 201 g/mol. The standard InChI is InChI=1S/C9H13ClN2O/c1-7-8(2)13-9(12-7)6-11-5-3-4-10/h3-4,11H,5-6H2,1-2H3/b4-3+. The van der Waals surface area contributed by atoms with Gasteiger partial charge in [-0.3, -0.25) is 0 Å². The van der Waals surface area contributed by atoms with Gasteiger partial charge in [0.15, 0.2) is 0 Å². The van der Waals surface area contributed by atoms with Gasteiger partial charge in [-0.15, -0.1) is 0 Å². The smallest absolute Gasteiger partial charge is 0.208 e. The summed E-state index contributed by atoms with van der Waals surface area (Å²) in [5.41, 5.74) is 2.43. The molecule has 0 fully saturated rings. The Morgan fingerprint density at radius 3 is 2.85 bits per heavy atom. The van der Waals surface area contributed by atoms with Crippen molar-refractivity contribution < 1.29 is 4.42 Å². The first-order valence-corrected chi connectivity index (χ1v) is 4.56. The van der Waals surface area contributed by atoms with Crippen molar-refractivity contribution in [3.63, 3.8) is 0 Å². The third kappa shape index (κ3) is 3.20. The highest BCUT2D eigenvalue weighted by atomic mass is 35.5. The van der Waals surface area contributed by atoms with Crippen LogP contribution in [0.4, 0.5) is 0 Å². The van der Waals surface area contributed by atoms with E-state index >= 15 is 0 Å². The maximum Gasteiger partial charge on any atom is 0.208 e. The van der Waals surface area contributed by atoms with Gasteiger partial charge < -0.3 is 9.73 Å². The van der Waals surface area contributed by atoms with Gasteiger partial charge in [0.2, 0.25) is 5.89 Å². The predicted octanol–water partition coefficient (Wildman–Crippen LogP) is 2.13. The van der Waals surface area contributed by atoms with Crippen LogP contribution in [0.25, 0.3) is 0 Å². The molecule has 1 aromatic heterocycles. The number of hydrogen-bond acceptors (Lipinski definition) is 3. The second-order valence-electron chi connectivity index (χ2n) is 2.74. The molecule has 1 rings (SSSR count).